The van der Waals surface area contributed by atoms with E-state index < -0.39 is 46.3 Å². The van der Waals surface area contributed by atoms with Crippen molar-refractivity contribution in [2.75, 3.05) is 13.2 Å². The molecule has 1 saturated heterocycles. The molecule has 6 aromatic heterocycles. The molecule has 0 bridgehead atoms. The van der Waals surface area contributed by atoms with Gasteiger partial charge in [0.1, 0.15) is 6.04 Å². The van der Waals surface area contributed by atoms with Crippen molar-refractivity contribution in [3.8, 4) is 29.5 Å². The van der Waals surface area contributed by atoms with Crippen LogP contribution >= 0.6 is 0 Å². The molecule has 0 spiro atoms. The molecule has 1 amide bonds. The van der Waals surface area contributed by atoms with Crippen LogP contribution in [0.3, 0.4) is 0 Å². The Morgan fingerprint density at radius 2 is 1.81 bits per heavy atom. The Kier molecular flexibility index (Phi) is 8.67. The normalized spacial score (nSPS) is 19.0. The number of rotatable bonds is 7. The molecule has 11 rings (SSSR count). The lowest BCUT2D eigenvalue weighted by molar-refractivity contribution is -0.0593. The fourth-order valence-corrected chi connectivity index (χ4v) is 9.87. The third-order valence-electron chi connectivity index (χ3n) is 13.1. The molecular formula is C46H39F3N10O5. The van der Waals surface area contributed by atoms with Crippen molar-refractivity contribution in [2.45, 2.75) is 68.9 Å². The Morgan fingerprint density at radius 3 is 2.55 bits per heavy atom. The zero-order valence-electron chi connectivity index (χ0n) is 34.8. The maximum atomic E-state index is 16.1. The number of hydrogen-bond donors (Lipinski definition) is 1. The monoisotopic (exact) mass is 868 g/mol. The molecule has 0 unspecified atom stereocenters. The average Bonchev–Trinajstić information content (AvgIpc) is 3.73. The Labute approximate surface area is 361 Å². The third-order valence-corrected chi connectivity index (χ3v) is 13.1. The Balaban J connectivity index is 1.06. The lowest BCUT2D eigenvalue weighted by atomic mass is 9.84. The second kappa shape index (κ2) is 14.1. The van der Waals surface area contributed by atoms with E-state index in [9.17, 15) is 18.4 Å². The summed E-state index contributed by atoms with van der Waals surface area (Å²) < 4.78 is 63.4. The summed E-state index contributed by atoms with van der Waals surface area (Å²) in [5.74, 6) is -0.714. The van der Waals surface area contributed by atoms with Crippen molar-refractivity contribution in [2.24, 2.45) is 7.05 Å². The summed E-state index contributed by atoms with van der Waals surface area (Å²) in [5, 5.41) is 13.2. The number of imidazole rings is 1. The topological polar surface area (TPSA) is 155 Å². The van der Waals surface area contributed by atoms with E-state index in [2.05, 4.69) is 47.1 Å². The molecule has 64 heavy (non-hydrogen) atoms. The van der Waals surface area contributed by atoms with Gasteiger partial charge in [0.05, 0.1) is 56.3 Å². The highest BCUT2D eigenvalue weighted by molar-refractivity contribution is 5.99. The van der Waals surface area contributed by atoms with Crippen LogP contribution < -0.4 is 11.4 Å². The highest BCUT2D eigenvalue weighted by Gasteiger charge is 2.54. The molecular weight excluding hydrogens is 830 g/mol. The molecule has 0 radical (unpaired) electrons. The van der Waals surface area contributed by atoms with Crippen molar-refractivity contribution in [3.05, 3.63) is 146 Å². The largest absolute Gasteiger partial charge is 0.438 e. The molecule has 1 N–H and O–H groups in total. The highest BCUT2D eigenvalue weighted by Crippen LogP contribution is 2.54. The first kappa shape index (κ1) is 39.5. The van der Waals surface area contributed by atoms with Gasteiger partial charge in [-0.3, -0.25) is 28.1 Å². The van der Waals surface area contributed by atoms with E-state index in [0.717, 1.165) is 40.6 Å². The van der Waals surface area contributed by atoms with E-state index in [-0.39, 0.29) is 47.1 Å². The summed E-state index contributed by atoms with van der Waals surface area (Å²) in [4.78, 5) is 46.5. The first-order chi connectivity index (χ1) is 30.8. The summed E-state index contributed by atoms with van der Waals surface area (Å²) in [6.07, 6.45) is 15.4. The number of aromatic nitrogens is 9. The summed E-state index contributed by atoms with van der Waals surface area (Å²) in [6.45, 7) is 4.87. The molecule has 2 aliphatic heterocycles. The fourth-order valence-electron chi connectivity index (χ4n) is 9.87. The minimum absolute atomic E-state index is 0.0539. The summed E-state index contributed by atoms with van der Waals surface area (Å²) in [7, 11) is 1.68. The van der Waals surface area contributed by atoms with Gasteiger partial charge in [-0.2, -0.15) is 10.2 Å². The maximum Gasteiger partial charge on any atom is 0.438 e. The number of aromatic amines is 1. The number of ether oxygens (including phenoxy) is 1. The van der Waals surface area contributed by atoms with Gasteiger partial charge in [0, 0.05) is 62.5 Å². The van der Waals surface area contributed by atoms with Crippen molar-refractivity contribution < 1.29 is 27.2 Å². The number of halogens is 3. The Bertz CT molecular complexity index is 3410. The molecule has 18 heteroatoms. The molecule has 1 saturated carbocycles. The number of hydrogen-bond acceptors (Lipinski definition) is 8. The number of fused-ring (bicyclic) bond motifs is 3. The smallest absolute Gasteiger partial charge is 0.376 e. The standard InChI is InChI=1S/C46H39F3N10O5/c1-5-34-37-33(52-59(27-6-7-31(47)32(48)22-27)40(37)58-18-17-57(44(58)62)36-9-8-35-30(38(36)49)24-50-54(35)4)11-16-56(34)41(60)29-21-28-20-25(26-12-19-63-45(2,3)23-26)10-15-55(28)39(29)46(13-14-46)42-51-43(61)64-53-42/h1,6-10,15,17-18,20-22,24,26,34H,11-14,16,19,23H2,2-4H3,(H,51,53,61)/t26-,34+/m1/s1. The van der Waals surface area contributed by atoms with Crippen LogP contribution in [0.2, 0.25) is 0 Å². The number of carbonyl (C=O) groups excluding carboxylic acids is 1. The summed E-state index contributed by atoms with van der Waals surface area (Å²) >= 11 is 0. The predicted octanol–water partition coefficient (Wildman–Crippen LogP) is 6.17. The molecule has 2 aromatic carbocycles. The van der Waals surface area contributed by atoms with Gasteiger partial charge in [-0.05, 0) is 93.5 Å². The first-order valence-electron chi connectivity index (χ1n) is 20.9. The second-order valence-corrected chi connectivity index (χ2v) is 17.4. The predicted molar refractivity (Wildman–Crippen MR) is 225 cm³/mol. The van der Waals surface area contributed by atoms with Crippen LogP contribution in [0.4, 0.5) is 13.2 Å². The second-order valence-electron chi connectivity index (χ2n) is 17.4. The maximum absolute atomic E-state index is 16.1. The number of H-pyrrole nitrogens is 1. The van der Waals surface area contributed by atoms with E-state index in [1.807, 2.05) is 16.7 Å². The van der Waals surface area contributed by atoms with Gasteiger partial charge in [-0.25, -0.2) is 27.4 Å². The van der Waals surface area contributed by atoms with Crippen LogP contribution in [0.5, 0.6) is 0 Å². The number of aryl methyl sites for hydroxylation is 1. The van der Waals surface area contributed by atoms with Gasteiger partial charge in [0.2, 0.25) is 0 Å². The number of amides is 1. The number of nitrogens with zero attached hydrogens (tertiary/aromatic N) is 9. The van der Waals surface area contributed by atoms with Crippen LogP contribution in [-0.4, -0.2) is 72.8 Å². The van der Waals surface area contributed by atoms with Crippen LogP contribution in [0.15, 0.2) is 87.4 Å². The van der Waals surface area contributed by atoms with Crippen molar-refractivity contribution in [3.63, 3.8) is 0 Å². The molecule has 15 nitrogen and oxygen atoms in total. The van der Waals surface area contributed by atoms with Gasteiger partial charge < -0.3 is 14.0 Å². The van der Waals surface area contributed by atoms with Crippen LogP contribution in [0.1, 0.15) is 90.2 Å². The number of pyridine rings is 1. The lowest BCUT2D eigenvalue weighted by Crippen LogP contribution is -2.40. The molecule has 324 valence electrons. The zero-order chi connectivity index (χ0) is 44.4. The van der Waals surface area contributed by atoms with E-state index in [0.29, 0.717) is 53.3 Å². The van der Waals surface area contributed by atoms with Crippen LogP contribution in [0.25, 0.3) is 33.6 Å². The van der Waals surface area contributed by atoms with Gasteiger partial charge in [-0.15, -0.1) is 6.42 Å². The first-order valence-corrected chi connectivity index (χ1v) is 20.9. The quantitative estimate of drug-likeness (QED) is 0.187. The zero-order valence-corrected chi connectivity index (χ0v) is 34.8. The molecule has 2 atom stereocenters. The SMILES string of the molecule is C#C[C@H]1c2c(nn(-c3ccc(F)c(F)c3)c2-n2ccn(-c3ccc4c(cnn4C)c3F)c2=O)CCN1C(=O)c1cc2cc([C@@H]3CCOC(C)(C)C3)ccn2c1C1(c2noc(=O)[nH]2)CC1. The minimum atomic E-state index is -1.15. The van der Waals surface area contributed by atoms with Crippen molar-refractivity contribution >= 4 is 22.3 Å². The molecule has 3 aliphatic rings. The number of benzene rings is 2. The number of terminal acetylenes is 1. The van der Waals surface area contributed by atoms with E-state index in [4.69, 9.17) is 20.8 Å². The van der Waals surface area contributed by atoms with Gasteiger partial charge in [0.15, 0.2) is 29.1 Å². The Morgan fingerprint density at radius 1 is 1.00 bits per heavy atom. The summed E-state index contributed by atoms with van der Waals surface area (Å²) in [6, 6.07) is 11.1. The Hall–Kier alpha value is -7.39. The number of nitrogens with one attached hydrogen (secondary N) is 1. The fraction of sp³-hybridized carbons (Fsp3) is 0.304. The molecule has 2 fully saturated rings. The molecule has 8 heterocycles. The highest BCUT2D eigenvalue weighted by atomic mass is 19.2. The van der Waals surface area contributed by atoms with Crippen molar-refractivity contribution in [1.29, 1.82) is 0 Å². The lowest BCUT2D eigenvalue weighted by Gasteiger charge is -2.35. The van der Waals surface area contributed by atoms with Gasteiger partial charge >= 0.3 is 11.4 Å². The minimum Gasteiger partial charge on any atom is -0.376 e. The van der Waals surface area contributed by atoms with Gasteiger partial charge in [-0.1, -0.05) is 11.1 Å². The van der Waals surface area contributed by atoms with Crippen LogP contribution in [0, 0.1) is 29.8 Å². The third kappa shape index (κ3) is 5.94. The van der Waals surface area contributed by atoms with E-state index >= 15 is 9.18 Å². The molecule has 8 aromatic rings. The van der Waals surface area contributed by atoms with E-state index in [1.54, 1.807) is 13.1 Å². The van der Waals surface area contributed by atoms with E-state index in [1.165, 1.54) is 49.6 Å². The summed E-state index contributed by atoms with van der Waals surface area (Å²) in [5.41, 5.74) is 2.16. The number of carbonyl (C=O) groups is 1. The average molecular weight is 869 g/mol. The van der Waals surface area contributed by atoms with Crippen LogP contribution in [-0.2, 0) is 23.6 Å². The van der Waals surface area contributed by atoms with Gasteiger partial charge in [0.25, 0.3) is 5.91 Å². The van der Waals surface area contributed by atoms with Crippen molar-refractivity contribution in [1.82, 2.24) is 48.1 Å². The molecule has 1 aliphatic carbocycles.